The van der Waals surface area contributed by atoms with Crippen LogP contribution in [-0.4, -0.2) is 45.3 Å². The summed E-state index contributed by atoms with van der Waals surface area (Å²) in [6.45, 7) is 2.38. The smallest absolute Gasteiger partial charge is 0.320 e. The molecule has 2 aromatic rings. The van der Waals surface area contributed by atoms with Crippen LogP contribution in [0.25, 0.3) is 0 Å². The molecule has 0 aliphatic rings. The van der Waals surface area contributed by atoms with Gasteiger partial charge in [-0.25, -0.2) is 0 Å². The normalized spacial score (nSPS) is 11.9. The molecule has 1 atom stereocenters. The summed E-state index contributed by atoms with van der Waals surface area (Å²) in [4.78, 5) is 13.9. The Bertz CT molecular complexity index is 687. The van der Waals surface area contributed by atoms with Crippen molar-refractivity contribution in [3.63, 3.8) is 0 Å². The first-order valence-electron chi connectivity index (χ1n) is 8.23. The molecule has 2 rings (SSSR count). The van der Waals surface area contributed by atoms with Crippen molar-refractivity contribution in [1.82, 2.24) is 4.90 Å². The van der Waals surface area contributed by atoms with E-state index in [-0.39, 0.29) is 18.6 Å². The van der Waals surface area contributed by atoms with Gasteiger partial charge in [0.2, 0.25) is 0 Å². The van der Waals surface area contributed by atoms with E-state index in [0.29, 0.717) is 18.1 Å². The van der Waals surface area contributed by atoms with Crippen molar-refractivity contribution in [2.75, 3.05) is 34.4 Å². The van der Waals surface area contributed by atoms with Gasteiger partial charge in [0, 0.05) is 0 Å². The van der Waals surface area contributed by atoms with Crippen molar-refractivity contribution >= 4 is 5.97 Å². The Labute approximate surface area is 149 Å². The molecule has 0 fully saturated rings. The van der Waals surface area contributed by atoms with Crippen molar-refractivity contribution in [1.29, 1.82) is 0 Å². The minimum Gasteiger partial charge on any atom is -0.493 e. The summed E-state index contributed by atoms with van der Waals surface area (Å²) in [5, 5.41) is 0. The van der Waals surface area contributed by atoms with Gasteiger partial charge in [0.05, 0.1) is 33.4 Å². The molecule has 0 aliphatic carbocycles. The fourth-order valence-electron chi connectivity index (χ4n) is 2.86. The highest BCUT2D eigenvalue weighted by Gasteiger charge is 2.23. The lowest BCUT2D eigenvalue weighted by Gasteiger charge is -2.28. The first-order chi connectivity index (χ1) is 12.1. The number of esters is 1. The number of hydrogen-bond donors (Lipinski definition) is 0. The topological polar surface area (TPSA) is 48.0 Å². The van der Waals surface area contributed by atoms with Gasteiger partial charge in [0.25, 0.3) is 0 Å². The number of carbonyl (C=O) groups excluding carboxylic acids is 1. The van der Waals surface area contributed by atoms with E-state index in [1.54, 1.807) is 21.1 Å². The molecule has 0 spiro atoms. The Balaban J connectivity index is 2.40. The van der Waals surface area contributed by atoms with Gasteiger partial charge in [-0.2, -0.15) is 0 Å². The van der Waals surface area contributed by atoms with Crippen molar-refractivity contribution in [2.45, 2.75) is 13.0 Å². The lowest BCUT2D eigenvalue weighted by molar-refractivity contribution is -0.144. The number of methoxy groups -OCH3 is 2. The lowest BCUT2D eigenvalue weighted by Crippen LogP contribution is -2.32. The molecular weight excluding hydrogens is 318 g/mol. The average Bonchev–Trinajstić information content (AvgIpc) is 2.62. The summed E-state index contributed by atoms with van der Waals surface area (Å²) in [7, 11) is 5.13. The predicted molar refractivity (Wildman–Crippen MR) is 97.1 cm³/mol. The number of benzene rings is 2. The van der Waals surface area contributed by atoms with E-state index < -0.39 is 0 Å². The molecule has 0 radical (unpaired) electrons. The zero-order chi connectivity index (χ0) is 18.2. The number of rotatable bonds is 8. The summed E-state index contributed by atoms with van der Waals surface area (Å²) in [6.07, 6.45) is 0. The molecule has 0 N–H and O–H groups in total. The third-order valence-electron chi connectivity index (χ3n) is 3.96. The van der Waals surface area contributed by atoms with E-state index in [4.69, 9.17) is 14.2 Å². The molecule has 2 aromatic carbocycles. The standard InChI is InChI=1S/C20H25NO4/c1-5-25-19(22)14-21(2)20(15-9-7-6-8-10-15)16-11-12-17(23-3)18(13-16)24-4/h6-13,20H,5,14H2,1-4H3. The molecule has 0 amide bonds. The Morgan fingerprint density at radius 3 is 2.28 bits per heavy atom. The summed E-state index contributed by atoms with van der Waals surface area (Å²) in [5.74, 6) is 1.09. The maximum Gasteiger partial charge on any atom is 0.320 e. The largest absolute Gasteiger partial charge is 0.493 e. The van der Waals surface area contributed by atoms with Crippen LogP contribution in [0.5, 0.6) is 11.5 Å². The monoisotopic (exact) mass is 343 g/mol. The highest BCUT2D eigenvalue weighted by Crippen LogP contribution is 2.34. The van der Waals surface area contributed by atoms with Gasteiger partial charge in [-0.1, -0.05) is 36.4 Å². The second kappa shape index (κ2) is 9.08. The van der Waals surface area contributed by atoms with E-state index in [2.05, 4.69) is 0 Å². The highest BCUT2D eigenvalue weighted by atomic mass is 16.5. The molecule has 5 heteroatoms. The van der Waals surface area contributed by atoms with Crippen LogP contribution < -0.4 is 9.47 Å². The van der Waals surface area contributed by atoms with Gasteiger partial charge >= 0.3 is 5.97 Å². The zero-order valence-electron chi connectivity index (χ0n) is 15.2. The van der Waals surface area contributed by atoms with Crippen LogP contribution >= 0.6 is 0 Å². The molecular formula is C20H25NO4. The molecule has 0 aromatic heterocycles. The van der Waals surface area contributed by atoms with Crippen LogP contribution in [0.4, 0.5) is 0 Å². The zero-order valence-corrected chi connectivity index (χ0v) is 15.2. The minimum atomic E-state index is -0.244. The number of nitrogens with zero attached hydrogens (tertiary/aromatic N) is 1. The van der Waals surface area contributed by atoms with Crippen LogP contribution in [0.3, 0.4) is 0 Å². The van der Waals surface area contributed by atoms with Gasteiger partial charge in [-0.05, 0) is 37.2 Å². The fraction of sp³-hybridized carbons (Fsp3) is 0.350. The van der Waals surface area contributed by atoms with E-state index in [9.17, 15) is 4.79 Å². The SMILES string of the molecule is CCOC(=O)CN(C)C(c1ccccc1)c1ccc(OC)c(OC)c1. The van der Waals surface area contributed by atoms with E-state index in [1.165, 1.54) is 0 Å². The molecule has 5 nitrogen and oxygen atoms in total. The Kier molecular flexibility index (Phi) is 6.83. The maximum absolute atomic E-state index is 11.9. The van der Waals surface area contributed by atoms with Gasteiger partial charge in [0.1, 0.15) is 0 Å². The molecule has 25 heavy (non-hydrogen) atoms. The number of hydrogen-bond acceptors (Lipinski definition) is 5. The lowest BCUT2D eigenvalue weighted by atomic mass is 9.97. The molecule has 134 valence electrons. The van der Waals surface area contributed by atoms with Crippen LogP contribution in [0.2, 0.25) is 0 Å². The van der Waals surface area contributed by atoms with E-state index >= 15 is 0 Å². The van der Waals surface area contributed by atoms with Crippen molar-refractivity contribution in [2.24, 2.45) is 0 Å². The third-order valence-corrected chi connectivity index (χ3v) is 3.96. The van der Waals surface area contributed by atoms with Crippen molar-refractivity contribution < 1.29 is 19.0 Å². The number of ether oxygens (including phenoxy) is 3. The third kappa shape index (κ3) is 4.73. The quantitative estimate of drug-likeness (QED) is 0.689. The van der Waals surface area contributed by atoms with Crippen LogP contribution in [0.15, 0.2) is 48.5 Å². The van der Waals surface area contributed by atoms with Gasteiger partial charge < -0.3 is 14.2 Å². The van der Waals surface area contributed by atoms with E-state index in [0.717, 1.165) is 11.1 Å². The number of carbonyl (C=O) groups is 1. The van der Waals surface area contributed by atoms with Crippen LogP contribution in [-0.2, 0) is 9.53 Å². The summed E-state index contributed by atoms with van der Waals surface area (Å²) in [5.41, 5.74) is 2.09. The molecule has 1 unspecified atom stereocenters. The predicted octanol–water partition coefficient (Wildman–Crippen LogP) is 3.29. The second-order valence-corrected chi connectivity index (χ2v) is 5.65. The summed E-state index contributed by atoms with van der Waals surface area (Å²) >= 11 is 0. The minimum absolute atomic E-state index is 0.106. The molecule has 0 saturated heterocycles. The van der Waals surface area contributed by atoms with E-state index in [1.807, 2.05) is 60.5 Å². The van der Waals surface area contributed by atoms with Gasteiger partial charge in [0.15, 0.2) is 11.5 Å². The second-order valence-electron chi connectivity index (χ2n) is 5.65. The van der Waals surface area contributed by atoms with Crippen molar-refractivity contribution in [3.05, 3.63) is 59.7 Å². The number of likely N-dealkylation sites (N-methyl/N-ethyl adjacent to an activating group) is 1. The Morgan fingerprint density at radius 2 is 1.68 bits per heavy atom. The Morgan fingerprint density at radius 1 is 1.00 bits per heavy atom. The molecule has 0 heterocycles. The molecule has 0 aliphatic heterocycles. The maximum atomic E-state index is 11.9. The van der Waals surface area contributed by atoms with Gasteiger partial charge in [-0.3, -0.25) is 9.69 Å². The van der Waals surface area contributed by atoms with Crippen LogP contribution in [0.1, 0.15) is 24.1 Å². The summed E-state index contributed by atoms with van der Waals surface area (Å²) < 4.78 is 15.8. The van der Waals surface area contributed by atoms with Crippen LogP contribution in [0, 0.1) is 0 Å². The first-order valence-corrected chi connectivity index (χ1v) is 8.23. The van der Waals surface area contributed by atoms with Gasteiger partial charge in [-0.15, -0.1) is 0 Å². The fourth-order valence-corrected chi connectivity index (χ4v) is 2.86. The molecule has 0 bridgehead atoms. The first kappa shape index (κ1) is 18.8. The Hall–Kier alpha value is -2.53. The highest BCUT2D eigenvalue weighted by molar-refractivity contribution is 5.71. The average molecular weight is 343 g/mol. The molecule has 0 saturated carbocycles. The summed E-state index contributed by atoms with van der Waals surface area (Å²) in [6, 6.07) is 15.7. The van der Waals surface area contributed by atoms with Crippen molar-refractivity contribution in [3.8, 4) is 11.5 Å².